The molecule has 2 rings (SSSR count). The average molecular weight is 265 g/mol. The molecule has 1 nitrogen and oxygen atoms in total. The zero-order valence-electron chi connectivity index (χ0n) is 9.21. The number of carbonyl (C=O) groups excluding carboxylic acids is 1. The van der Waals surface area contributed by atoms with Gasteiger partial charge in [0.1, 0.15) is 0 Å². The van der Waals surface area contributed by atoms with Gasteiger partial charge in [0.25, 0.3) is 0 Å². The van der Waals surface area contributed by atoms with Gasteiger partial charge in [-0.15, -0.1) is 0 Å². The van der Waals surface area contributed by atoms with Gasteiger partial charge in [-0.2, -0.15) is 0 Å². The smallest absolute Gasteiger partial charge is 0.150 e. The van der Waals surface area contributed by atoms with Crippen molar-refractivity contribution in [2.45, 2.75) is 6.92 Å². The maximum atomic E-state index is 11.0. The normalized spacial score (nSPS) is 10.3. The summed E-state index contributed by atoms with van der Waals surface area (Å²) < 4.78 is 0. The summed E-state index contributed by atoms with van der Waals surface area (Å²) in [5.74, 6) is 0. The van der Waals surface area contributed by atoms with Crippen LogP contribution in [0.5, 0.6) is 0 Å². The molecule has 0 spiro atoms. The van der Waals surface area contributed by atoms with Crippen molar-refractivity contribution in [1.29, 1.82) is 0 Å². The number of rotatable bonds is 2. The van der Waals surface area contributed by atoms with Gasteiger partial charge in [-0.05, 0) is 41.8 Å². The van der Waals surface area contributed by atoms with Crippen LogP contribution in [0.25, 0.3) is 11.1 Å². The molecule has 17 heavy (non-hydrogen) atoms. The second-order valence-corrected chi connectivity index (χ2v) is 4.66. The van der Waals surface area contributed by atoms with Crippen molar-refractivity contribution in [1.82, 2.24) is 0 Å². The van der Waals surface area contributed by atoms with Gasteiger partial charge < -0.3 is 0 Å². The Morgan fingerprint density at radius 3 is 2.47 bits per heavy atom. The Bertz CT molecular complexity index is 576. The number of carbonyl (C=O) groups is 1. The van der Waals surface area contributed by atoms with E-state index in [0.29, 0.717) is 15.6 Å². The average Bonchev–Trinajstić information content (AvgIpc) is 2.32. The third kappa shape index (κ3) is 2.51. The van der Waals surface area contributed by atoms with Crippen molar-refractivity contribution in [3.05, 3.63) is 57.6 Å². The van der Waals surface area contributed by atoms with Gasteiger partial charge in [0.05, 0.1) is 0 Å². The third-order valence-electron chi connectivity index (χ3n) is 2.62. The minimum Gasteiger partial charge on any atom is -0.298 e. The van der Waals surface area contributed by atoms with Gasteiger partial charge in [0, 0.05) is 15.6 Å². The summed E-state index contributed by atoms with van der Waals surface area (Å²) in [6, 6.07) is 11.0. The van der Waals surface area contributed by atoms with E-state index in [1.807, 2.05) is 31.2 Å². The maximum absolute atomic E-state index is 11.0. The van der Waals surface area contributed by atoms with Crippen molar-refractivity contribution in [3.8, 4) is 11.1 Å². The molecule has 0 N–H and O–H groups in total. The quantitative estimate of drug-likeness (QED) is 0.714. The first-order valence-corrected chi connectivity index (χ1v) is 5.88. The van der Waals surface area contributed by atoms with E-state index < -0.39 is 0 Å². The number of benzene rings is 2. The summed E-state index contributed by atoms with van der Waals surface area (Å²) >= 11 is 11.9. The highest BCUT2D eigenvalue weighted by Crippen LogP contribution is 2.28. The molecule has 2 aromatic carbocycles. The molecule has 0 amide bonds. The van der Waals surface area contributed by atoms with E-state index >= 15 is 0 Å². The fourth-order valence-electron chi connectivity index (χ4n) is 1.65. The first-order chi connectivity index (χ1) is 8.11. The van der Waals surface area contributed by atoms with Crippen molar-refractivity contribution in [3.63, 3.8) is 0 Å². The first kappa shape index (κ1) is 12.2. The molecule has 0 aromatic heterocycles. The Hall–Kier alpha value is -1.31. The zero-order valence-corrected chi connectivity index (χ0v) is 10.7. The lowest BCUT2D eigenvalue weighted by molar-refractivity contribution is 0.112. The van der Waals surface area contributed by atoms with E-state index in [0.717, 1.165) is 23.0 Å². The predicted molar refractivity (Wildman–Crippen MR) is 72.0 cm³/mol. The highest BCUT2D eigenvalue weighted by Gasteiger charge is 2.06. The summed E-state index contributed by atoms with van der Waals surface area (Å²) in [7, 11) is 0. The molecule has 3 heteroatoms. The van der Waals surface area contributed by atoms with E-state index in [-0.39, 0.29) is 0 Å². The predicted octanol–water partition coefficient (Wildman–Crippen LogP) is 4.78. The Balaban J connectivity index is 2.59. The maximum Gasteiger partial charge on any atom is 0.150 e. The first-order valence-electron chi connectivity index (χ1n) is 5.13. The molecule has 0 aliphatic heterocycles. The van der Waals surface area contributed by atoms with E-state index in [2.05, 4.69) is 0 Å². The van der Waals surface area contributed by atoms with Gasteiger partial charge in [-0.1, -0.05) is 41.4 Å². The molecular formula is C14H10Cl2O. The van der Waals surface area contributed by atoms with E-state index in [1.165, 1.54) is 0 Å². The van der Waals surface area contributed by atoms with Crippen LogP contribution in [-0.4, -0.2) is 6.29 Å². The van der Waals surface area contributed by atoms with Gasteiger partial charge in [0.2, 0.25) is 0 Å². The van der Waals surface area contributed by atoms with Crippen LogP contribution in [0, 0.1) is 6.92 Å². The highest BCUT2D eigenvalue weighted by atomic mass is 35.5. The standard InChI is InChI=1S/C14H10Cl2O/c1-9-2-3-10(7-14(9)16)13-5-4-12(15)6-11(13)8-17/h2-8H,1H3. The number of halogens is 2. The molecule has 0 heterocycles. The summed E-state index contributed by atoms with van der Waals surface area (Å²) in [6.07, 6.45) is 0.801. The molecule has 0 aliphatic rings. The lowest BCUT2D eigenvalue weighted by Gasteiger charge is -2.07. The molecule has 0 saturated carbocycles. The number of hydrogen-bond donors (Lipinski definition) is 0. The van der Waals surface area contributed by atoms with Gasteiger partial charge >= 0.3 is 0 Å². The summed E-state index contributed by atoms with van der Waals surface area (Å²) in [5, 5.41) is 1.24. The summed E-state index contributed by atoms with van der Waals surface area (Å²) in [6.45, 7) is 1.94. The topological polar surface area (TPSA) is 17.1 Å². The van der Waals surface area contributed by atoms with Crippen molar-refractivity contribution in [2.75, 3.05) is 0 Å². The minimum atomic E-state index is 0.550. The number of aryl methyl sites for hydroxylation is 1. The third-order valence-corrected chi connectivity index (χ3v) is 3.27. The van der Waals surface area contributed by atoms with E-state index in [1.54, 1.807) is 12.1 Å². The SMILES string of the molecule is Cc1ccc(-c2ccc(Cl)cc2C=O)cc1Cl. The van der Waals surface area contributed by atoms with Crippen LogP contribution in [0.2, 0.25) is 10.0 Å². The van der Waals surface area contributed by atoms with Crippen LogP contribution in [0.3, 0.4) is 0 Å². The number of hydrogen-bond acceptors (Lipinski definition) is 1. The Kier molecular flexibility index (Phi) is 3.51. The Labute approximate surface area is 110 Å². The highest BCUT2D eigenvalue weighted by molar-refractivity contribution is 6.32. The van der Waals surface area contributed by atoms with Crippen molar-refractivity contribution >= 4 is 29.5 Å². The summed E-state index contributed by atoms with van der Waals surface area (Å²) in [5.41, 5.74) is 3.33. The molecule has 0 saturated heterocycles. The Morgan fingerprint density at radius 1 is 1.06 bits per heavy atom. The zero-order chi connectivity index (χ0) is 12.4. The number of aldehydes is 1. The lowest BCUT2D eigenvalue weighted by Crippen LogP contribution is -1.88. The van der Waals surface area contributed by atoms with E-state index in [9.17, 15) is 4.79 Å². The molecule has 0 fully saturated rings. The summed E-state index contributed by atoms with van der Waals surface area (Å²) in [4.78, 5) is 11.0. The molecule has 86 valence electrons. The van der Waals surface area contributed by atoms with Crippen LogP contribution in [0.15, 0.2) is 36.4 Å². The van der Waals surface area contributed by atoms with Crippen LogP contribution >= 0.6 is 23.2 Å². The van der Waals surface area contributed by atoms with Crippen LogP contribution in [0.4, 0.5) is 0 Å². The molecule has 0 aliphatic carbocycles. The van der Waals surface area contributed by atoms with Gasteiger partial charge in [0.15, 0.2) is 6.29 Å². The molecule has 0 radical (unpaired) electrons. The second kappa shape index (κ2) is 4.91. The monoisotopic (exact) mass is 264 g/mol. The fraction of sp³-hybridized carbons (Fsp3) is 0.0714. The molecule has 2 aromatic rings. The molecule has 0 unspecified atom stereocenters. The second-order valence-electron chi connectivity index (χ2n) is 3.81. The lowest BCUT2D eigenvalue weighted by atomic mass is 9.99. The van der Waals surface area contributed by atoms with E-state index in [4.69, 9.17) is 23.2 Å². The fourth-order valence-corrected chi connectivity index (χ4v) is 2.02. The molecule has 0 atom stereocenters. The van der Waals surface area contributed by atoms with Gasteiger partial charge in [-0.3, -0.25) is 4.79 Å². The molecular weight excluding hydrogens is 255 g/mol. The van der Waals surface area contributed by atoms with Crippen molar-refractivity contribution < 1.29 is 4.79 Å². The Morgan fingerprint density at radius 2 is 1.82 bits per heavy atom. The van der Waals surface area contributed by atoms with Crippen LogP contribution < -0.4 is 0 Å². The van der Waals surface area contributed by atoms with Crippen molar-refractivity contribution in [2.24, 2.45) is 0 Å². The largest absolute Gasteiger partial charge is 0.298 e. The molecule has 0 bridgehead atoms. The van der Waals surface area contributed by atoms with Gasteiger partial charge in [-0.25, -0.2) is 0 Å². The van der Waals surface area contributed by atoms with Crippen LogP contribution in [-0.2, 0) is 0 Å². The van der Waals surface area contributed by atoms with Crippen LogP contribution in [0.1, 0.15) is 15.9 Å². The minimum absolute atomic E-state index is 0.550.